The zero-order valence-corrected chi connectivity index (χ0v) is 9.76. The van der Waals surface area contributed by atoms with Crippen LogP contribution in [0.3, 0.4) is 0 Å². The Hall–Kier alpha value is -1.94. The molecule has 0 amide bonds. The van der Waals surface area contributed by atoms with Gasteiger partial charge in [0.15, 0.2) is 0 Å². The highest BCUT2D eigenvalue weighted by atomic mass is 16.5. The van der Waals surface area contributed by atoms with E-state index in [2.05, 4.69) is 9.97 Å². The van der Waals surface area contributed by atoms with Gasteiger partial charge in [0.05, 0.1) is 17.6 Å². The monoisotopic (exact) mass is 229 g/mol. The average molecular weight is 229 g/mol. The van der Waals surface area contributed by atoms with E-state index < -0.39 is 0 Å². The lowest BCUT2D eigenvalue weighted by Crippen LogP contribution is -2.04. The number of ether oxygens (including phenoxy) is 1. The summed E-state index contributed by atoms with van der Waals surface area (Å²) in [7, 11) is 0. The maximum atomic E-state index is 5.58. The lowest BCUT2D eigenvalue weighted by Gasteiger charge is -2.06. The van der Waals surface area contributed by atoms with Crippen molar-refractivity contribution in [1.29, 1.82) is 0 Å². The molecule has 0 saturated carbocycles. The summed E-state index contributed by atoms with van der Waals surface area (Å²) >= 11 is 0. The zero-order valence-electron chi connectivity index (χ0n) is 9.76. The minimum atomic E-state index is 0.429. The topological polar surface area (TPSA) is 61.0 Å². The van der Waals surface area contributed by atoms with E-state index in [0.717, 1.165) is 22.8 Å². The fraction of sp³-hybridized carbons (Fsp3) is 0.231. The third-order valence-electron chi connectivity index (χ3n) is 2.34. The van der Waals surface area contributed by atoms with Crippen molar-refractivity contribution in [2.45, 2.75) is 20.1 Å². The number of nitrogens with two attached hydrogens (primary N) is 1. The Balaban J connectivity index is 1.99. The van der Waals surface area contributed by atoms with Crippen molar-refractivity contribution < 1.29 is 4.74 Å². The summed E-state index contributed by atoms with van der Waals surface area (Å²) in [6, 6.07) is 9.56. The summed E-state index contributed by atoms with van der Waals surface area (Å²) in [6.07, 6.45) is 1.71. The SMILES string of the molecule is Cc1ccc(OCc2cccc(CN)n2)cn1. The third kappa shape index (κ3) is 3.26. The van der Waals surface area contributed by atoms with Gasteiger partial charge in [0.1, 0.15) is 12.4 Å². The fourth-order valence-corrected chi connectivity index (χ4v) is 1.42. The lowest BCUT2D eigenvalue weighted by atomic mass is 10.3. The van der Waals surface area contributed by atoms with Gasteiger partial charge in [-0.05, 0) is 31.2 Å². The molecular weight excluding hydrogens is 214 g/mol. The first-order chi connectivity index (χ1) is 8.28. The maximum Gasteiger partial charge on any atom is 0.138 e. The molecular formula is C13H15N3O. The second kappa shape index (κ2) is 5.41. The quantitative estimate of drug-likeness (QED) is 0.868. The summed E-state index contributed by atoms with van der Waals surface area (Å²) in [5, 5.41) is 0. The van der Waals surface area contributed by atoms with E-state index in [9.17, 15) is 0 Å². The van der Waals surface area contributed by atoms with E-state index in [1.807, 2.05) is 37.3 Å². The molecule has 0 unspecified atom stereocenters. The largest absolute Gasteiger partial charge is 0.486 e. The van der Waals surface area contributed by atoms with E-state index in [0.29, 0.717) is 13.2 Å². The van der Waals surface area contributed by atoms with Crippen LogP contribution in [0.2, 0.25) is 0 Å². The van der Waals surface area contributed by atoms with Crippen molar-refractivity contribution in [2.24, 2.45) is 5.73 Å². The van der Waals surface area contributed by atoms with Gasteiger partial charge in [-0.2, -0.15) is 0 Å². The molecule has 4 heteroatoms. The number of hydrogen-bond acceptors (Lipinski definition) is 4. The Bertz CT molecular complexity index is 482. The molecule has 2 heterocycles. The fourth-order valence-electron chi connectivity index (χ4n) is 1.42. The van der Waals surface area contributed by atoms with Gasteiger partial charge < -0.3 is 10.5 Å². The summed E-state index contributed by atoms with van der Waals surface area (Å²) < 4.78 is 5.58. The Labute approximate surface area is 100 Å². The highest BCUT2D eigenvalue weighted by Gasteiger charge is 1.99. The molecule has 0 aliphatic rings. The molecule has 2 N–H and O–H groups in total. The smallest absolute Gasteiger partial charge is 0.138 e. The standard InChI is InChI=1S/C13H15N3O/c1-10-5-6-13(8-15-10)17-9-12-4-2-3-11(7-14)16-12/h2-6,8H,7,9,14H2,1H3. The van der Waals surface area contributed by atoms with Crippen LogP contribution >= 0.6 is 0 Å². The summed E-state index contributed by atoms with van der Waals surface area (Å²) in [6.45, 7) is 2.81. The number of aryl methyl sites for hydroxylation is 1. The second-order valence-corrected chi connectivity index (χ2v) is 3.75. The third-order valence-corrected chi connectivity index (χ3v) is 2.34. The number of rotatable bonds is 4. The van der Waals surface area contributed by atoms with E-state index in [4.69, 9.17) is 10.5 Å². The zero-order chi connectivity index (χ0) is 12.1. The van der Waals surface area contributed by atoms with Gasteiger partial charge in [0.2, 0.25) is 0 Å². The molecule has 0 aromatic carbocycles. The first kappa shape index (κ1) is 11.5. The van der Waals surface area contributed by atoms with Crippen LogP contribution in [0.15, 0.2) is 36.5 Å². The van der Waals surface area contributed by atoms with Gasteiger partial charge in [0, 0.05) is 12.2 Å². The van der Waals surface area contributed by atoms with Crippen LogP contribution in [0, 0.1) is 6.92 Å². The molecule has 88 valence electrons. The molecule has 17 heavy (non-hydrogen) atoms. The van der Waals surface area contributed by atoms with Crippen molar-refractivity contribution in [3.8, 4) is 5.75 Å². The van der Waals surface area contributed by atoms with Crippen molar-refractivity contribution in [1.82, 2.24) is 9.97 Å². The van der Waals surface area contributed by atoms with Gasteiger partial charge in [-0.25, -0.2) is 0 Å². The molecule has 0 radical (unpaired) electrons. The lowest BCUT2D eigenvalue weighted by molar-refractivity contribution is 0.299. The summed E-state index contributed by atoms with van der Waals surface area (Å²) in [4.78, 5) is 8.51. The van der Waals surface area contributed by atoms with Crippen molar-refractivity contribution in [3.05, 3.63) is 53.6 Å². The molecule has 0 atom stereocenters. The van der Waals surface area contributed by atoms with Crippen molar-refractivity contribution in [2.75, 3.05) is 0 Å². The molecule has 2 aromatic heterocycles. The second-order valence-electron chi connectivity index (χ2n) is 3.75. The van der Waals surface area contributed by atoms with Crippen molar-refractivity contribution in [3.63, 3.8) is 0 Å². The van der Waals surface area contributed by atoms with Gasteiger partial charge in [-0.1, -0.05) is 6.07 Å². The Morgan fingerprint density at radius 1 is 1.18 bits per heavy atom. The Kier molecular flexibility index (Phi) is 3.67. The molecule has 0 spiro atoms. The van der Waals surface area contributed by atoms with Gasteiger partial charge in [-0.15, -0.1) is 0 Å². The van der Waals surface area contributed by atoms with E-state index in [1.54, 1.807) is 6.20 Å². The van der Waals surface area contributed by atoms with E-state index in [-0.39, 0.29) is 0 Å². The highest BCUT2D eigenvalue weighted by Crippen LogP contribution is 2.10. The van der Waals surface area contributed by atoms with Crippen LogP contribution < -0.4 is 10.5 Å². The van der Waals surface area contributed by atoms with Crippen LogP contribution in [-0.2, 0) is 13.2 Å². The van der Waals surface area contributed by atoms with E-state index in [1.165, 1.54) is 0 Å². The molecule has 2 aromatic rings. The van der Waals surface area contributed by atoms with Crippen LogP contribution in [0.5, 0.6) is 5.75 Å². The number of aromatic nitrogens is 2. The minimum Gasteiger partial charge on any atom is -0.486 e. The van der Waals surface area contributed by atoms with Crippen LogP contribution in [-0.4, -0.2) is 9.97 Å². The van der Waals surface area contributed by atoms with Crippen LogP contribution in [0.1, 0.15) is 17.1 Å². The first-order valence-corrected chi connectivity index (χ1v) is 5.48. The molecule has 4 nitrogen and oxygen atoms in total. The molecule has 0 bridgehead atoms. The predicted octanol–water partition coefficient (Wildman–Crippen LogP) is 1.82. The highest BCUT2D eigenvalue weighted by molar-refractivity contribution is 5.19. The van der Waals surface area contributed by atoms with Crippen LogP contribution in [0.25, 0.3) is 0 Å². The van der Waals surface area contributed by atoms with Crippen molar-refractivity contribution >= 4 is 0 Å². The van der Waals surface area contributed by atoms with Gasteiger partial charge in [0.25, 0.3) is 0 Å². The summed E-state index contributed by atoms with van der Waals surface area (Å²) in [5.41, 5.74) is 8.24. The Morgan fingerprint density at radius 3 is 2.71 bits per heavy atom. The Morgan fingerprint density at radius 2 is 2.00 bits per heavy atom. The van der Waals surface area contributed by atoms with E-state index >= 15 is 0 Å². The maximum absolute atomic E-state index is 5.58. The minimum absolute atomic E-state index is 0.429. The summed E-state index contributed by atoms with van der Waals surface area (Å²) in [5.74, 6) is 0.746. The first-order valence-electron chi connectivity index (χ1n) is 5.48. The van der Waals surface area contributed by atoms with Crippen LogP contribution in [0.4, 0.5) is 0 Å². The number of hydrogen-bond donors (Lipinski definition) is 1. The molecule has 0 aliphatic carbocycles. The van der Waals surface area contributed by atoms with Gasteiger partial charge in [-0.3, -0.25) is 9.97 Å². The molecule has 0 aliphatic heterocycles. The predicted molar refractivity (Wildman–Crippen MR) is 65.4 cm³/mol. The van der Waals surface area contributed by atoms with Gasteiger partial charge >= 0.3 is 0 Å². The molecule has 2 rings (SSSR count). The normalized spacial score (nSPS) is 10.2. The number of nitrogens with zero attached hydrogens (tertiary/aromatic N) is 2. The molecule has 0 fully saturated rings. The number of pyridine rings is 2. The molecule has 0 saturated heterocycles. The average Bonchev–Trinajstić information content (AvgIpc) is 2.38.